The summed E-state index contributed by atoms with van der Waals surface area (Å²) < 4.78 is 26.2. The monoisotopic (exact) mass is 1230 g/mol. The van der Waals surface area contributed by atoms with Crippen molar-refractivity contribution in [2.24, 2.45) is 0 Å². The Kier molecular flexibility index (Phi) is 66.1. The van der Waals surface area contributed by atoms with Crippen LogP contribution in [-0.4, -0.2) is 256 Å². The van der Waals surface area contributed by atoms with Crippen molar-refractivity contribution in [3.05, 3.63) is 0 Å². The van der Waals surface area contributed by atoms with Gasteiger partial charge in [-0.3, -0.25) is 33.6 Å². The molecule has 0 atom stereocenters. The maximum Gasteiger partial charge on any atom is 0.307 e. The highest BCUT2D eigenvalue weighted by Crippen LogP contribution is 2.11. The van der Waals surface area contributed by atoms with E-state index in [2.05, 4.69) is 52.2 Å². The zero-order valence-corrected chi connectivity index (χ0v) is 56.2. The van der Waals surface area contributed by atoms with Gasteiger partial charge >= 0.3 is 17.9 Å². The van der Waals surface area contributed by atoms with Crippen LogP contribution in [0.3, 0.4) is 0 Å². The molecule has 0 N–H and O–H groups in total. The van der Waals surface area contributed by atoms with E-state index in [9.17, 15) is 33.6 Å². The van der Waals surface area contributed by atoms with E-state index in [1.807, 2.05) is 49.1 Å². The molecule has 0 saturated carbocycles. The molecule has 0 saturated heterocycles. The van der Waals surface area contributed by atoms with Gasteiger partial charge in [0.15, 0.2) is 0 Å². The summed E-state index contributed by atoms with van der Waals surface area (Å²) in [6.45, 7) is 39.0. The molecule has 81 heavy (non-hydrogen) atoms. The van der Waals surface area contributed by atoms with Crippen LogP contribution < -0.4 is 0 Å². The van der Waals surface area contributed by atoms with Gasteiger partial charge in [0.25, 0.3) is 0 Å². The van der Waals surface area contributed by atoms with Gasteiger partial charge in [-0.15, -0.1) is 0 Å². The lowest BCUT2D eigenvalue weighted by atomic mass is 10.2. The largest absolute Gasteiger partial charge is 0.466 e. The van der Waals surface area contributed by atoms with Crippen molar-refractivity contribution in [3.63, 3.8) is 0 Å². The minimum atomic E-state index is -0.222. The molecule has 0 radical (unpaired) electrons. The Morgan fingerprint density at radius 3 is 0.975 bits per heavy atom. The van der Waals surface area contributed by atoms with Crippen LogP contribution in [0.25, 0.3) is 0 Å². The molecule has 0 spiro atoms. The minimum absolute atomic E-state index is 0.130. The topological polar surface area (TPSA) is 182 Å². The first kappa shape index (κ1) is 83.4. The highest BCUT2D eigenvalue weighted by atomic mass is 32.2. The van der Waals surface area contributed by atoms with Gasteiger partial charge in [-0.2, -0.15) is 47.0 Å². The molecule has 0 aromatic heterocycles. The third-order valence-corrected chi connectivity index (χ3v) is 16.6. The summed E-state index contributed by atoms with van der Waals surface area (Å²) >= 11 is 7.54. The van der Waals surface area contributed by atoms with Crippen molar-refractivity contribution in [1.29, 1.82) is 0 Å². The number of unbranched alkanes of at least 4 members (excludes halogenated alkanes) is 1. The van der Waals surface area contributed by atoms with E-state index in [0.29, 0.717) is 116 Å². The number of ketones is 4. The number of nitrogens with zero attached hydrogens (tertiary/aromatic N) is 5. The van der Waals surface area contributed by atoms with Crippen LogP contribution in [0.15, 0.2) is 0 Å². The number of carbonyl (C=O) groups excluding carboxylic acids is 7. The van der Waals surface area contributed by atoms with Crippen LogP contribution in [0, 0.1) is 0 Å². The number of rotatable bonds is 57. The van der Waals surface area contributed by atoms with Crippen LogP contribution in [0.1, 0.15) is 153 Å². The van der Waals surface area contributed by atoms with E-state index in [0.717, 1.165) is 133 Å². The Balaban J connectivity index is -0.00000115. The Hall–Kier alpha value is -1.79. The van der Waals surface area contributed by atoms with Gasteiger partial charge in [-0.05, 0) is 105 Å². The Labute approximate surface area is 510 Å². The standard InChI is InChI=1S/C24H44N2O6S.C18H40N2O2S2.C18H33NO4S/c1-5-22(28)12-19-33-20-18-26(17-11-24(30)32-7-3)14-8-13-25(15-9-21(4)27)16-10-23(29)31-6-2;1-5-19(6-2)9-15-23-17-13-21-11-12-22-14-18-24-16-10-20(7-3)8-4;1-4-17(21)10-15-24-14-7-6-11-19(12-8-16(3)20)13-9-18(22)23-5-2/h5-20H2,1-4H3;5-18H2,1-4H3;4-15H2,1-3H3. The minimum Gasteiger partial charge on any atom is -0.466 e. The molecule has 0 amide bonds. The van der Waals surface area contributed by atoms with Crippen molar-refractivity contribution in [2.45, 2.75) is 153 Å². The number of thioether (sulfide) groups is 4. The molecule has 0 aromatic carbocycles. The molecule has 21 heteroatoms. The molecule has 0 heterocycles. The van der Waals surface area contributed by atoms with Gasteiger partial charge < -0.3 is 48.2 Å². The molecule has 0 unspecified atom stereocenters. The molecule has 0 bridgehead atoms. The predicted octanol–water partition coefficient (Wildman–Crippen LogP) is 9.24. The Bertz CT molecular complexity index is 1500. The smallest absolute Gasteiger partial charge is 0.307 e. The van der Waals surface area contributed by atoms with Crippen molar-refractivity contribution < 1.29 is 57.2 Å². The zero-order valence-electron chi connectivity index (χ0n) is 53.0. The first-order chi connectivity index (χ1) is 39.1. The van der Waals surface area contributed by atoms with E-state index < -0.39 is 0 Å². The van der Waals surface area contributed by atoms with E-state index in [1.54, 1.807) is 46.4 Å². The predicted molar refractivity (Wildman–Crippen MR) is 344 cm³/mol. The van der Waals surface area contributed by atoms with Gasteiger partial charge in [0.2, 0.25) is 0 Å². The number of esters is 3. The molecule has 0 rings (SSSR count). The highest BCUT2D eigenvalue weighted by Gasteiger charge is 2.14. The number of ether oxygens (including phenoxy) is 5. The second kappa shape index (κ2) is 64.2. The molecular weight excluding hydrogens is 1110 g/mol. The average molecular weight is 1230 g/mol. The van der Waals surface area contributed by atoms with E-state index in [-0.39, 0.29) is 35.3 Å². The van der Waals surface area contributed by atoms with Gasteiger partial charge in [0.05, 0.1) is 65.5 Å². The molecule has 0 fully saturated rings. The van der Waals surface area contributed by atoms with Crippen LogP contribution in [0.2, 0.25) is 0 Å². The Morgan fingerprint density at radius 2 is 0.630 bits per heavy atom. The zero-order chi connectivity index (χ0) is 61.0. The van der Waals surface area contributed by atoms with Crippen LogP contribution in [-0.2, 0) is 57.2 Å². The third-order valence-electron chi connectivity index (χ3n) is 12.7. The SMILES string of the molecule is CCN(CC)CCSCCOCCOCCSCCN(CC)CC.CCOC(=O)CCN(CCCCSCCC(=O)CC)CCC(C)=O.CCOC(=O)CCN(CCCN(CCC(C)=O)CCC(=O)OCC)CCSCCC(=O)CC. The second-order valence-electron chi connectivity index (χ2n) is 19.2. The molecular formula is C60H117N5O12S4. The number of hydrogen-bond donors (Lipinski definition) is 0. The number of carbonyl (C=O) groups is 7. The van der Waals surface area contributed by atoms with Crippen molar-refractivity contribution in [3.8, 4) is 0 Å². The molecule has 478 valence electrons. The maximum absolute atomic E-state index is 11.8. The summed E-state index contributed by atoms with van der Waals surface area (Å²) in [4.78, 5) is 91.7. The number of hydrogen-bond acceptors (Lipinski definition) is 21. The first-order valence-electron chi connectivity index (χ1n) is 30.7. The van der Waals surface area contributed by atoms with Gasteiger partial charge in [-0.1, -0.05) is 41.5 Å². The quantitative estimate of drug-likeness (QED) is 0.0319. The van der Waals surface area contributed by atoms with Gasteiger partial charge in [0.1, 0.15) is 23.1 Å². The molecule has 0 aliphatic heterocycles. The third kappa shape index (κ3) is 62.6. The van der Waals surface area contributed by atoms with E-state index in [4.69, 9.17) is 23.7 Å². The molecule has 0 aromatic rings. The van der Waals surface area contributed by atoms with Crippen LogP contribution in [0.4, 0.5) is 0 Å². The normalized spacial score (nSPS) is 11.2. The summed E-state index contributed by atoms with van der Waals surface area (Å²) in [7, 11) is 0. The summed E-state index contributed by atoms with van der Waals surface area (Å²) in [5.74, 6) is 8.58. The van der Waals surface area contributed by atoms with Crippen molar-refractivity contribution in [1.82, 2.24) is 24.5 Å². The fourth-order valence-electron chi connectivity index (χ4n) is 7.49. The van der Waals surface area contributed by atoms with Crippen molar-refractivity contribution in [2.75, 3.05) is 190 Å². The average Bonchev–Trinajstić information content (AvgIpc) is 3.45. The van der Waals surface area contributed by atoms with Gasteiger partial charge in [0, 0.05) is 131 Å². The lowest BCUT2D eigenvalue weighted by Gasteiger charge is -2.25. The molecule has 17 nitrogen and oxygen atoms in total. The van der Waals surface area contributed by atoms with Crippen LogP contribution >= 0.6 is 47.0 Å². The second-order valence-corrected chi connectivity index (χ2v) is 24.1. The molecule has 0 aliphatic rings. The Morgan fingerprint density at radius 1 is 0.309 bits per heavy atom. The summed E-state index contributed by atoms with van der Waals surface area (Å²) in [6, 6.07) is 0. The molecule has 0 aliphatic carbocycles. The first-order valence-corrected chi connectivity index (χ1v) is 35.3. The lowest BCUT2D eigenvalue weighted by molar-refractivity contribution is -0.144. The summed E-state index contributed by atoms with van der Waals surface area (Å²) in [5, 5.41) is 0. The summed E-state index contributed by atoms with van der Waals surface area (Å²) in [5.41, 5.74) is 0. The van der Waals surface area contributed by atoms with E-state index >= 15 is 0 Å². The van der Waals surface area contributed by atoms with Crippen molar-refractivity contribution >= 4 is 88.1 Å². The fourth-order valence-corrected chi connectivity index (χ4v) is 11.1. The summed E-state index contributed by atoms with van der Waals surface area (Å²) in [6.07, 6.45) is 7.50. The lowest BCUT2D eigenvalue weighted by Crippen LogP contribution is -2.34. The highest BCUT2D eigenvalue weighted by molar-refractivity contribution is 7.99. The van der Waals surface area contributed by atoms with E-state index in [1.165, 1.54) is 24.6 Å². The van der Waals surface area contributed by atoms with Crippen LogP contribution in [0.5, 0.6) is 0 Å². The fraction of sp³-hybridized carbons (Fsp3) is 0.883. The maximum atomic E-state index is 11.8. The number of Topliss-reactive ketones (excluding diaryl/α,β-unsaturated/α-hetero) is 4. The van der Waals surface area contributed by atoms with Gasteiger partial charge in [-0.25, -0.2) is 0 Å².